The predicted octanol–water partition coefficient (Wildman–Crippen LogP) is 6.74. The molecule has 0 unspecified atom stereocenters. The van der Waals surface area contributed by atoms with Crippen LogP contribution in [-0.2, 0) is 5.41 Å². The molecule has 0 spiro atoms. The summed E-state index contributed by atoms with van der Waals surface area (Å²) in [7, 11) is 0. The van der Waals surface area contributed by atoms with Gasteiger partial charge in [0.1, 0.15) is 10.9 Å². The van der Waals surface area contributed by atoms with E-state index in [0.717, 1.165) is 28.8 Å². The SMILES string of the molecule is CCC(C)(C)c1cnc2c(c1-c1nccn1-c1c(C)cc(C)cc1C)SCCS2. The molecule has 0 aliphatic carbocycles. The zero-order valence-corrected chi connectivity index (χ0v) is 19.8. The third kappa shape index (κ3) is 3.64. The van der Waals surface area contributed by atoms with Crippen LogP contribution in [0, 0.1) is 20.8 Å². The number of fused-ring (bicyclic) bond motifs is 1. The molecule has 4 rings (SSSR count). The van der Waals surface area contributed by atoms with Crippen LogP contribution >= 0.6 is 23.5 Å². The van der Waals surface area contributed by atoms with Crippen LogP contribution in [0.15, 0.2) is 40.6 Å². The summed E-state index contributed by atoms with van der Waals surface area (Å²) in [5, 5.41) is 1.15. The van der Waals surface area contributed by atoms with Crippen molar-refractivity contribution in [2.45, 2.75) is 63.3 Å². The Bertz CT molecular complexity index is 1040. The van der Waals surface area contributed by atoms with Gasteiger partial charge in [-0.3, -0.25) is 4.57 Å². The van der Waals surface area contributed by atoms with E-state index in [9.17, 15) is 0 Å². The zero-order chi connectivity index (χ0) is 20.8. The maximum absolute atomic E-state index is 4.90. The smallest absolute Gasteiger partial charge is 0.146 e. The fraction of sp³-hybridized carbons (Fsp3) is 0.417. The molecular weight excluding hydrogens is 394 g/mol. The number of benzene rings is 1. The maximum atomic E-state index is 4.90. The van der Waals surface area contributed by atoms with Crippen molar-refractivity contribution in [3.63, 3.8) is 0 Å². The van der Waals surface area contributed by atoms with Crippen molar-refractivity contribution in [3.05, 3.63) is 53.0 Å². The summed E-state index contributed by atoms with van der Waals surface area (Å²) in [5.74, 6) is 3.27. The molecule has 152 valence electrons. The van der Waals surface area contributed by atoms with Gasteiger partial charge in [0.2, 0.25) is 0 Å². The summed E-state index contributed by atoms with van der Waals surface area (Å²) in [5.41, 5.74) is 7.70. The summed E-state index contributed by atoms with van der Waals surface area (Å²) in [4.78, 5) is 11.1. The van der Waals surface area contributed by atoms with Crippen molar-refractivity contribution in [3.8, 4) is 17.1 Å². The molecule has 2 aromatic heterocycles. The average molecular weight is 424 g/mol. The van der Waals surface area contributed by atoms with Gasteiger partial charge in [0.05, 0.1) is 10.6 Å². The molecule has 29 heavy (non-hydrogen) atoms. The van der Waals surface area contributed by atoms with Crippen LogP contribution < -0.4 is 0 Å². The Balaban J connectivity index is 2.02. The highest BCUT2D eigenvalue weighted by Crippen LogP contribution is 2.46. The lowest BCUT2D eigenvalue weighted by Gasteiger charge is -2.29. The molecule has 0 atom stereocenters. The van der Waals surface area contributed by atoms with Crippen LogP contribution in [-0.4, -0.2) is 26.0 Å². The van der Waals surface area contributed by atoms with E-state index >= 15 is 0 Å². The molecule has 0 radical (unpaired) electrons. The highest BCUT2D eigenvalue weighted by molar-refractivity contribution is 8.05. The van der Waals surface area contributed by atoms with E-state index in [2.05, 4.69) is 70.6 Å². The molecular formula is C24H29N3S2. The lowest BCUT2D eigenvalue weighted by atomic mass is 9.80. The van der Waals surface area contributed by atoms with Gasteiger partial charge in [-0.1, -0.05) is 38.5 Å². The number of aromatic nitrogens is 3. The van der Waals surface area contributed by atoms with Crippen molar-refractivity contribution in [1.29, 1.82) is 0 Å². The Morgan fingerprint density at radius 3 is 2.41 bits per heavy atom. The first kappa shape index (κ1) is 20.5. The van der Waals surface area contributed by atoms with Gasteiger partial charge >= 0.3 is 0 Å². The van der Waals surface area contributed by atoms with E-state index in [1.807, 2.05) is 29.7 Å². The number of pyridine rings is 1. The molecule has 5 heteroatoms. The quantitative estimate of drug-likeness (QED) is 0.465. The van der Waals surface area contributed by atoms with Crippen molar-refractivity contribution < 1.29 is 0 Å². The van der Waals surface area contributed by atoms with Crippen LogP contribution in [0.4, 0.5) is 0 Å². The fourth-order valence-electron chi connectivity index (χ4n) is 4.14. The molecule has 0 fully saturated rings. The first-order valence-corrected chi connectivity index (χ1v) is 12.2. The lowest BCUT2D eigenvalue weighted by molar-refractivity contribution is 0.503. The second kappa shape index (κ2) is 7.84. The lowest BCUT2D eigenvalue weighted by Crippen LogP contribution is -2.19. The minimum Gasteiger partial charge on any atom is -0.299 e. The topological polar surface area (TPSA) is 30.7 Å². The van der Waals surface area contributed by atoms with Crippen molar-refractivity contribution >= 4 is 23.5 Å². The minimum absolute atomic E-state index is 0.0359. The van der Waals surface area contributed by atoms with Gasteiger partial charge < -0.3 is 0 Å². The van der Waals surface area contributed by atoms with Crippen LogP contribution in [0.3, 0.4) is 0 Å². The van der Waals surface area contributed by atoms with Gasteiger partial charge in [-0.2, -0.15) is 0 Å². The van der Waals surface area contributed by atoms with E-state index in [1.54, 1.807) is 0 Å². The number of nitrogens with zero attached hydrogens (tertiary/aromatic N) is 3. The minimum atomic E-state index is 0.0359. The number of hydrogen-bond acceptors (Lipinski definition) is 4. The molecule has 0 N–H and O–H groups in total. The van der Waals surface area contributed by atoms with Gasteiger partial charge in [-0.25, -0.2) is 9.97 Å². The van der Waals surface area contributed by atoms with Crippen LogP contribution in [0.25, 0.3) is 17.1 Å². The number of hydrogen-bond donors (Lipinski definition) is 0. The van der Waals surface area contributed by atoms with Crippen LogP contribution in [0.2, 0.25) is 0 Å². The van der Waals surface area contributed by atoms with Crippen LogP contribution in [0.5, 0.6) is 0 Å². The number of thioether (sulfide) groups is 2. The molecule has 0 saturated carbocycles. The largest absolute Gasteiger partial charge is 0.299 e. The van der Waals surface area contributed by atoms with Crippen LogP contribution in [0.1, 0.15) is 49.4 Å². The normalized spacial score (nSPS) is 14.1. The predicted molar refractivity (Wildman–Crippen MR) is 126 cm³/mol. The fourth-order valence-corrected chi connectivity index (χ4v) is 6.44. The Labute approximate surface area is 182 Å². The number of rotatable bonds is 4. The van der Waals surface area contributed by atoms with Crippen molar-refractivity contribution in [1.82, 2.24) is 14.5 Å². The first-order valence-electron chi connectivity index (χ1n) is 10.2. The van der Waals surface area contributed by atoms with Crippen molar-refractivity contribution in [2.24, 2.45) is 0 Å². The Hall–Kier alpha value is -1.72. The Kier molecular flexibility index (Phi) is 5.56. The summed E-state index contributed by atoms with van der Waals surface area (Å²) < 4.78 is 2.29. The highest BCUT2D eigenvalue weighted by atomic mass is 32.2. The van der Waals surface area contributed by atoms with Gasteiger partial charge in [0.15, 0.2) is 0 Å². The van der Waals surface area contributed by atoms with Gasteiger partial charge in [0, 0.05) is 35.7 Å². The third-order valence-corrected chi connectivity index (χ3v) is 8.40. The number of imidazole rings is 1. The monoisotopic (exact) mass is 423 g/mol. The van der Waals surface area contributed by atoms with Crippen molar-refractivity contribution in [2.75, 3.05) is 11.5 Å². The second-order valence-corrected chi connectivity index (χ2v) is 10.7. The number of aryl methyl sites for hydroxylation is 3. The molecule has 1 aliphatic heterocycles. The third-order valence-electron chi connectivity index (χ3n) is 5.92. The second-order valence-electron chi connectivity index (χ2n) is 8.48. The van der Waals surface area contributed by atoms with E-state index in [4.69, 9.17) is 9.97 Å². The van der Waals surface area contributed by atoms with Gasteiger partial charge in [-0.15, -0.1) is 23.5 Å². The molecule has 1 aromatic carbocycles. The molecule has 0 saturated heterocycles. The summed E-state index contributed by atoms with van der Waals surface area (Å²) in [6.45, 7) is 13.4. The summed E-state index contributed by atoms with van der Waals surface area (Å²) in [6, 6.07) is 4.52. The van der Waals surface area contributed by atoms with Gasteiger partial charge in [0.25, 0.3) is 0 Å². The molecule has 0 amide bonds. The van der Waals surface area contributed by atoms with E-state index in [-0.39, 0.29) is 5.41 Å². The standard InChI is InChI=1S/C24H29N3S2/c1-7-24(5,6)18-14-26-23-21(28-10-11-29-23)19(18)22-25-8-9-27(22)20-16(3)12-15(2)13-17(20)4/h8-9,12-14H,7,10-11H2,1-6H3. The molecule has 3 heterocycles. The van der Waals surface area contributed by atoms with E-state index < -0.39 is 0 Å². The van der Waals surface area contributed by atoms with Gasteiger partial charge in [-0.05, 0) is 49.3 Å². The Morgan fingerprint density at radius 2 is 1.72 bits per heavy atom. The maximum Gasteiger partial charge on any atom is 0.146 e. The van der Waals surface area contributed by atoms with E-state index in [0.29, 0.717) is 0 Å². The molecule has 3 nitrogen and oxygen atoms in total. The first-order chi connectivity index (χ1) is 13.8. The molecule has 3 aromatic rings. The highest BCUT2D eigenvalue weighted by Gasteiger charge is 2.30. The van der Waals surface area contributed by atoms with E-state index in [1.165, 1.54) is 38.4 Å². The Morgan fingerprint density at radius 1 is 1.03 bits per heavy atom. The summed E-state index contributed by atoms with van der Waals surface area (Å²) >= 11 is 3.80. The summed E-state index contributed by atoms with van der Waals surface area (Å²) in [6.07, 6.45) is 7.20. The molecule has 1 aliphatic rings. The average Bonchev–Trinajstić information content (AvgIpc) is 3.15. The molecule has 0 bridgehead atoms. The zero-order valence-electron chi connectivity index (χ0n) is 18.2.